The number of nitrogens with one attached hydrogen (secondary N) is 2. The predicted molar refractivity (Wildman–Crippen MR) is 124 cm³/mol. The van der Waals surface area contributed by atoms with E-state index in [-0.39, 0.29) is 28.9 Å². The van der Waals surface area contributed by atoms with Gasteiger partial charge >= 0.3 is 0 Å². The molecule has 1 unspecified atom stereocenters. The number of hydrogen-bond acceptors (Lipinski definition) is 8. The maximum Gasteiger partial charge on any atom is 0.265 e. The Hall–Kier alpha value is -2.82. The molecule has 4 rings (SSSR count). The molecule has 0 radical (unpaired) electrons. The molecular weight excluding hydrogens is 460 g/mol. The van der Waals surface area contributed by atoms with Gasteiger partial charge in [0.2, 0.25) is 0 Å². The summed E-state index contributed by atoms with van der Waals surface area (Å²) < 4.78 is 42.5. The van der Waals surface area contributed by atoms with Crippen molar-refractivity contribution in [3.05, 3.63) is 42.5 Å². The number of amides is 1. The number of hydrogen-bond donors (Lipinski definition) is 3. The van der Waals surface area contributed by atoms with Gasteiger partial charge in [-0.1, -0.05) is 0 Å². The van der Waals surface area contributed by atoms with Gasteiger partial charge in [0.15, 0.2) is 26.1 Å². The minimum Gasteiger partial charge on any atom is -0.497 e. The first-order valence-corrected chi connectivity index (χ1v) is 12.7. The summed E-state index contributed by atoms with van der Waals surface area (Å²) in [5, 5.41) is 12.8. The molecule has 9 nitrogen and oxygen atoms in total. The van der Waals surface area contributed by atoms with Crippen LogP contribution in [0.5, 0.6) is 23.0 Å². The summed E-state index contributed by atoms with van der Waals surface area (Å²) in [4.78, 5) is 12.8. The molecular formula is C24H30N2O7S. The van der Waals surface area contributed by atoms with Gasteiger partial charge in [0.25, 0.3) is 5.91 Å². The summed E-state index contributed by atoms with van der Waals surface area (Å²) in [6.07, 6.45) is 2.51. The normalized spacial score (nSPS) is 21.7. The minimum absolute atomic E-state index is 0.0546. The van der Waals surface area contributed by atoms with Gasteiger partial charge in [-0.25, -0.2) is 13.9 Å². The van der Waals surface area contributed by atoms with Crippen LogP contribution in [0.15, 0.2) is 47.4 Å². The van der Waals surface area contributed by atoms with Crippen molar-refractivity contribution in [2.45, 2.75) is 41.7 Å². The number of methoxy groups -OCH3 is 2. The zero-order valence-electron chi connectivity index (χ0n) is 19.3. The van der Waals surface area contributed by atoms with E-state index in [4.69, 9.17) is 14.2 Å². The zero-order valence-corrected chi connectivity index (χ0v) is 20.1. The Labute approximate surface area is 199 Å². The lowest BCUT2D eigenvalue weighted by molar-refractivity contribution is -0.132. The molecule has 1 amide bonds. The summed E-state index contributed by atoms with van der Waals surface area (Å²) in [5.74, 6) is 0.853. The van der Waals surface area contributed by atoms with Crippen molar-refractivity contribution in [1.82, 2.24) is 10.8 Å². The van der Waals surface area contributed by atoms with Crippen LogP contribution in [-0.4, -0.2) is 51.6 Å². The molecule has 1 saturated heterocycles. The molecule has 34 heavy (non-hydrogen) atoms. The molecule has 1 heterocycles. The van der Waals surface area contributed by atoms with Gasteiger partial charge in [0, 0.05) is 6.07 Å². The third kappa shape index (κ3) is 4.21. The standard InChI is InChI=1S/C24H30N2O7S/c1-31-17-3-5-18(6-4-17)33-20-8-7-19(15-21(20)32-2)34(29,30)24(22(27)26-28)10-9-23(16-24)11-13-25-14-12-23/h3-8,15,25,28H,9-14,16H2,1-2H3,(H,26,27). The monoisotopic (exact) mass is 490 g/mol. The lowest BCUT2D eigenvalue weighted by Gasteiger charge is -2.36. The van der Waals surface area contributed by atoms with Crippen LogP contribution in [0.4, 0.5) is 0 Å². The van der Waals surface area contributed by atoms with Gasteiger partial charge < -0.3 is 19.5 Å². The molecule has 1 saturated carbocycles. The highest BCUT2D eigenvalue weighted by molar-refractivity contribution is 7.93. The molecule has 2 aromatic rings. The highest BCUT2D eigenvalue weighted by atomic mass is 32.2. The van der Waals surface area contributed by atoms with Gasteiger partial charge in [-0.3, -0.25) is 10.0 Å². The summed E-state index contributed by atoms with van der Waals surface area (Å²) in [5.41, 5.74) is 1.38. The Balaban J connectivity index is 1.67. The average Bonchev–Trinajstić information content (AvgIpc) is 3.24. The number of benzene rings is 2. The second-order valence-corrected chi connectivity index (χ2v) is 11.2. The molecule has 2 fully saturated rings. The molecule has 184 valence electrons. The van der Waals surface area contributed by atoms with E-state index in [1.807, 2.05) is 0 Å². The fourth-order valence-electron chi connectivity index (χ4n) is 5.18. The van der Waals surface area contributed by atoms with Crippen LogP contribution >= 0.6 is 0 Å². The number of hydroxylamine groups is 1. The van der Waals surface area contributed by atoms with Gasteiger partial charge in [-0.05, 0) is 87.0 Å². The molecule has 3 N–H and O–H groups in total. The first-order chi connectivity index (χ1) is 16.3. The van der Waals surface area contributed by atoms with Crippen molar-refractivity contribution in [1.29, 1.82) is 0 Å². The third-order valence-corrected chi connectivity index (χ3v) is 9.58. The number of carbonyl (C=O) groups is 1. The first kappa shape index (κ1) is 24.3. The molecule has 0 aromatic heterocycles. The molecule has 0 bridgehead atoms. The lowest BCUT2D eigenvalue weighted by atomic mass is 9.77. The zero-order chi connectivity index (χ0) is 24.4. The van der Waals surface area contributed by atoms with Crippen molar-refractivity contribution in [2.24, 2.45) is 5.41 Å². The van der Waals surface area contributed by atoms with E-state index in [1.165, 1.54) is 25.3 Å². The fraction of sp³-hybridized carbons (Fsp3) is 0.458. The summed E-state index contributed by atoms with van der Waals surface area (Å²) >= 11 is 0. The number of ether oxygens (including phenoxy) is 3. The second-order valence-electron chi connectivity index (χ2n) is 8.96. The van der Waals surface area contributed by atoms with Crippen molar-refractivity contribution >= 4 is 15.7 Å². The first-order valence-electron chi connectivity index (χ1n) is 11.2. The SMILES string of the molecule is COc1ccc(Oc2ccc(S(=O)(=O)C3(C(=O)NO)CCC4(CCNCC4)C3)cc2OC)cc1. The lowest BCUT2D eigenvalue weighted by Crippen LogP contribution is -2.51. The third-order valence-electron chi connectivity index (χ3n) is 7.15. The minimum atomic E-state index is -4.16. The molecule has 1 aliphatic carbocycles. The van der Waals surface area contributed by atoms with E-state index in [1.54, 1.807) is 36.9 Å². The van der Waals surface area contributed by atoms with Crippen LogP contribution in [0.2, 0.25) is 0 Å². The van der Waals surface area contributed by atoms with Gasteiger partial charge in [0.1, 0.15) is 11.5 Å². The molecule has 1 aliphatic heterocycles. The molecule has 1 spiro atoms. The van der Waals surface area contributed by atoms with E-state index in [0.717, 1.165) is 25.9 Å². The summed E-state index contributed by atoms with van der Waals surface area (Å²) in [6.45, 7) is 1.56. The van der Waals surface area contributed by atoms with E-state index in [2.05, 4.69) is 5.32 Å². The Morgan fingerprint density at radius 1 is 0.941 bits per heavy atom. The highest BCUT2D eigenvalue weighted by Gasteiger charge is 2.60. The number of sulfone groups is 1. The van der Waals surface area contributed by atoms with E-state index in [9.17, 15) is 18.4 Å². The van der Waals surface area contributed by atoms with Crippen LogP contribution in [0, 0.1) is 5.41 Å². The van der Waals surface area contributed by atoms with E-state index >= 15 is 0 Å². The Kier molecular flexibility index (Phi) is 6.75. The molecule has 2 aromatic carbocycles. The van der Waals surface area contributed by atoms with Crippen LogP contribution in [0.3, 0.4) is 0 Å². The fourth-order valence-corrected chi connectivity index (χ4v) is 7.29. The molecule has 1 atom stereocenters. The Morgan fingerprint density at radius 2 is 1.62 bits per heavy atom. The van der Waals surface area contributed by atoms with Gasteiger partial charge in [-0.15, -0.1) is 0 Å². The molecule has 10 heteroatoms. The van der Waals surface area contributed by atoms with Gasteiger partial charge in [-0.2, -0.15) is 0 Å². The predicted octanol–water partition coefficient (Wildman–Crippen LogP) is 3.07. The topological polar surface area (TPSA) is 123 Å². The maximum absolute atomic E-state index is 13.9. The number of rotatable bonds is 7. The quantitative estimate of drug-likeness (QED) is 0.400. The average molecular weight is 491 g/mol. The van der Waals surface area contributed by atoms with Crippen molar-refractivity contribution in [3.63, 3.8) is 0 Å². The smallest absolute Gasteiger partial charge is 0.265 e. The van der Waals surface area contributed by atoms with Crippen LogP contribution in [-0.2, 0) is 14.6 Å². The van der Waals surface area contributed by atoms with Gasteiger partial charge in [0.05, 0.1) is 19.1 Å². The Bertz CT molecular complexity index is 1140. The van der Waals surface area contributed by atoms with Crippen LogP contribution < -0.4 is 25.0 Å². The maximum atomic E-state index is 13.9. The van der Waals surface area contributed by atoms with E-state index < -0.39 is 20.5 Å². The van der Waals surface area contributed by atoms with Crippen molar-refractivity contribution < 1.29 is 32.6 Å². The second kappa shape index (κ2) is 9.44. The highest BCUT2D eigenvalue weighted by Crippen LogP contribution is 2.54. The number of carbonyl (C=O) groups excluding carboxylic acids is 1. The van der Waals surface area contributed by atoms with E-state index in [0.29, 0.717) is 23.7 Å². The largest absolute Gasteiger partial charge is 0.497 e. The summed E-state index contributed by atoms with van der Waals surface area (Å²) in [7, 11) is -1.18. The van der Waals surface area contributed by atoms with Crippen LogP contribution in [0.25, 0.3) is 0 Å². The van der Waals surface area contributed by atoms with Crippen LogP contribution in [0.1, 0.15) is 32.1 Å². The van der Waals surface area contributed by atoms with Crippen molar-refractivity contribution in [3.8, 4) is 23.0 Å². The molecule has 2 aliphatic rings. The number of piperidine rings is 1. The Morgan fingerprint density at radius 3 is 2.24 bits per heavy atom. The van der Waals surface area contributed by atoms with Crippen molar-refractivity contribution in [2.75, 3.05) is 27.3 Å². The summed E-state index contributed by atoms with van der Waals surface area (Å²) in [6, 6.07) is 11.2.